The molecule has 10 heteroatoms. The quantitative estimate of drug-likeness (QED) is 0.215. The zero-order valence-corrected chi connectivity index (χ0v) is 22.2. The van der Waals surface area contributed by atoms with Gasteiger partial charge in [-0.25, -0.2) is 0 Å². The topological polar surface area (TPSA) is 141 Å². The van der Waals surface area contributed by atoms with Crippen molar-refractivity contribution in [3.05, 3.63) is 43.7 Å². The van der Waals surface area contributed by atoms with Crippen LogP contribution in [0, 0.1) is 0 Å². The first kappa shape index (κ1) is 24.5. The van der Waals surface area contributed by atoms with E-state index in [4.69, 9.17) is 23.7 Å². The molecule has 6 aromatic carbocycles. The van der Waals surface area contributed by atoms with E-state index in [9.17, 15) is 24.9 Å². The van der Waals surface area contributed by atoms with Crippen molar-refractivity contribution in [2.24, 2.45) is 0 Å². The Balaban J connectivity index is 2.06. The van der Waals surface area contributed by atoms with Crippen molar-refractivity contribution in [3.63, 3.8) is 0 Å². The molecule has 0 saturated carbocycles. The van der Waals surface area contributed by atoms with Crippen LogP contribution in [0.25, 0.3) is 53.9 Å². The molecule has 0 bridgehead atoms. The Hall–Kier alpha value is -4.54. The number of ether oxygens (including phenoxy) is 5. The second-order valence-corrected chi connectivity index (χ2v) is 10.0. The first-order valence-electron chi connectivity index (χ1n) is 12.6. The molecule has 0 saturated heterocycles. The number of phenols is 1. The molecule has 6 aromatic rings. The average Bonchev–Trinajstić information content (AvgIpc) is 3.41. The maximum absolute atomic E-state index is 13.6. The summed E-state index contributed by atoms with van der Waals surface area (Å²) in [5.74, 6) is 0.411. The van der Waals surface area contributed by atoms with Gasteiger partial charge in [-0.15, -0.1) is 0 Å². The standard InChI is InChI=1S/C30H24O10/c1-9(31)15-16(10(2)32)26-24-22-18(29-30(26)40-8-39-29)12(34)7-14(37-4)20(22)19-13(36-3)6-11(33)17-21(19)23(24)25(15)28(38-5)27(17)35/h6-7,9-10,31-32,35H,8H2,1-5H3. The number of aliphatic hydroxyl groups is 2. The van der Waals surface area contributed by atoms with E-state index in [1.807, 2.05) is 0 Å². The lowest BCUT2D eigenvalue weighted by molar-refractivity contribution is 0.173. The molecule has 0 spiro atoms. The molecule has 0 fully saturated rings. The summed E-state index contributed by atoms with van der Waals surface area (Å²) >= 11 is 0. The summed E-state index contributed by atoms with van der Waals surface area (Å²) in [5.41, 5.74) is -0.304. The number of benzene rings is 6. The Morgan fingerprint density at radius 2 is 1.10 bits per heavy atom. The van der Waals surface area contributed by atoms with E-state index in [-0.39, 0.29) is 57.3 Å². The van der Waals surface area contributed by atoms with Gasteiger partial charge in [0.2, 0.25) is 6.79 Å². The van der Waals surface area contributed by atoms with Crippen molar-refractivity contribution in [3.8, 4) is 34.5 Å². The van der Waals surface area contributed by atoms with Crippen molar-refractivity contribution < 1.29 is 39.0 Å². The highest BCUT2D eigenvalue weighted by molar-refractivity contribution is 6.44. The number of rotatable bonds is 5. The van der Waals surface area contributed by atoms with E-state index >= 15 is 0 Å². The normalized spacial score (nSPS) is 14.8. The predicted molar refractivity (Wildman–Crippen MR) is 149 cm³/mol. The van der Waals surface area contributed by atoms with E-state index < -0.39 is 23.4 Å². The maximum atomic E-state index is 13.6. The van der Waals surface area contributed by atoms with Crippen molar-refractivity contribution in [1.29, 1.82) is 0 Å². The molecule has 1 heterocycles. The lowest BCUT2D eigenvalue weighted by atomic mass is 9.78. The molecule has 2 atom stereocenters. The molecule has 2 unspecified atom stereocenters. The summed E-state index contributed by atoms with van der Waals surface area (Å²) < 4.78 is 28.9. The molecule has 0 aromatic heterocycles. The highest BCUT2D eigenvalue weighted by Crippen LogP contribution is 2.60. The van der Waals surface area contributed by atoms with Crippen molar-refractivity contribution >= 4 is 53.9 Å². The zero-order valence-electron chi connectivity index (χ0n) is 22.2. The molecule has 3 N–H and O–H groups in total. The molecular formula is C30H24O10. The van der Waals surface area contributed by atoms with E-state index in [1.54, 1.807) is 6.92 Å². The first-order chi connectivity index (χ1) is 19.2. The van der Waals surface area contributed by atoms with Crippen LogP contribution < -0.4 is 34.5 Å². The third kappa shape index (κ3) is 2.64. The smallest absolute Gasteiger partial charge is 0.231 e. The molecule has 204 valence electrons. The number of hydrogen-bond acceptors (Lipinski definition) is 10. The van der Waals surface area contributed by atoms with Crippen LogP contribution in [0.3, 0.4) is 0 Å². The third-order valence-electron chi connectivity index (χ3n) is 8.06. The molecule has 0 radical (unpaired) electrons. The summed E-state index contributed by atoms with van der Waals surface area (Å²) in [7, 11) is 4.20. The lowest BCUT2D eigenvalue weighted by Gasteiger charge is -2.28. The Morgan fingerprint density at radius 1 is 0.650 bits per heavy atom. The highest BCUT2D eigenvalue weighted by Gasteiger charge is 2.37. The van der Waals surface area contributed by atoms with Gasteiger partial charge in [0.25, 0.3) is 0 Å². The van der Waals surface area contributed by atoms with Gasteiger partial charge in [-0.3, -0.25) is 9.59 Å². The van der Waals surface area contributed by atoms with Gasteiger partial charge in [-0.2, -0.15) is 0 Å². The fourth-order valence-electron chi connectivity index (χ4n) is 6.76. The van der Waals surface area contributed by atoms with Crippen LogP contribution in [-0.2, 0) is 0 Å². The van der Waals surface area contributed by atoms with Crippen LogP contribution in [0.5, 0.6) is 34.5 Å². The fourth-order valence-corrected chi connectivity index (χ4v) is 6.76. The third-order valence-corrected chi connectivity index (χ3v) is 8.06. The van der Waals surface area contributed by atoms with Crippen molar-refractivity contribution in [2.75, 3.05) is 28.1 Å². The maximum Gasteiger partial charge on any atom is 0.231 e. The molecule has 40 heavy (non-hydrogen) atoms. The fraction of sp³-hybridized carbons (Fsp3) is 0.267. The van der Waals surface area contributed by atoms with E-state index in [2.05, 4.69) is 0 Å². The van der Waals surface area contributed by atoms with Gasteiger partial charge >= 0.3 is 0 Å². The highest BCUT2D eigenvalue weighted by atomic mass is 16.7. The zero-order chi connectivity index (χ0) is 28.4. The van der Waals surface area contributed by atoms with Crippen LogP contribution >= 0.6 is 0 Å². The minimum absolute atomic E-state index is 0.0208. The number of hydrogen-bond donors (Lipinski definition) is 3. The monoisotopic (exact) mass is 544 g/mol. The van der Waals surface area contributed by atoms with Crippen LogP contribution in [0.15, 0.2) is 21.7 Å². The van der Waals surface area contributed by atoms with Gasteiger partial charge in [0.05, 0.1) is 44.3 Å². The number of fused-ring (bicyclic) bond motifs is 4. The molecule has 0 amide bonds. The molecule has 1 aliphatic heterocycles. The molecule has 7 rings (SSSR count). The predicted octanol–water partition coefficient (Wildman–Crippen LogP) is 4.05. The molecule has 0 aliphatic carbocycles. The summed E-state index contributed by atoms with van der Waals surface area (Å²) in [6.07, 6.45) is -2.29. The van der Waals surface area contributed by atoms with Gasteiger partial charge in [0.15, 0.2) is 33.9 Å². The SMILES string of the molecule is COc1c(O)c2c(=O)cc(OC)c3c4c(OC)cc(=O)c5c6c(c7c(C(C)O)c(C(C)O)c1c(c23)c7c54)OCO6. The van der Waals surface area contributed by atoms with Crippen molar-refractivity contribution in [2.45, 2.75) is 26.1 Å². The van der Waals surface area contributed by atoms with E-state index in [0.29, 0.717) is 48.7 Å². The van der Waals surface area contributed by atoms with Crippen LogP contribution in [0.2, 0.25) is 0 Å². The first-order valence-corrected chi connectivity index (χ1v) is 12.6. The average molecular weight is 545 g/mol. The molecule has 10 nitrogen and oxygen atoms in total. The van der Waals surface area contributed by atoms with Gasteiger partial charge in [-0.1, -0.05) is 0 Å². The second-order valence-electron chi connectivity index (χ2n) is 10.0. The summed E-state index contributed by atoms with van der Waals surface area (Å²) in [6.45, 7) is 2.92. The van der Waals surface area contributed by atoms with Crippen LogP contribution in [0.4, 0.5) is 0 Å². The van der Waals surface area contributed by atoms with E-state index in [1.165, 1.54) is 40.4 Å². The molecule has 1 aliphatic rings. The largest absolute Gasteiger partial charge is 0.504 e. The van der Waals surface area contributed by atoms with Gasteiger partial charge < -0.3 is 39.0 Å². The number of aromatic hydroxyl groups is 1. The Labute approximate surface area is 225 Å². The van der Waals surface area contributed by atoms with Crippen LogP contribution in [-0.4, -0.2) is 43.4 Å². The summed E-state index contributed by atoms with van der Waals surface area (Å²) in [4.78, 5) is 27.2. The lowest BCUT2D eigenvalue weighted by Crippen LogP contribution is -2.12. The number of phenolic OH excluding ortho intramolecular Hbond substituents is 1. The van der Waals surface area contributed by atoms with Gasteiger partial charge in [0, 0.05) is 55.2 Å². The minimum atomic E-state index is -1.16. The van der Waals surface area contributed by atoms with Crippen molar-refractivity contribution in [1.82, 2.24) is 0 Å². The summed E-state index contributed by atoms with van der Waals surface area (Å²) in [6, 6.07) is 2.61. The van der Waals surface area contributed by atoms with Gasteiger partial charge in [0.1, 0.15) is 11.5 Å². The number of methoxy groups -OCH3 is 3. The Morgan fingerprint density at radius 3 is 1.62 bits per heavy atom. The van der Waals surface area contributed by atoms with Gasteiger partial charge in [-0.05, 0) is 25.0 Å². The number of aliphatic hydroxyl groups excluding tert-OH is 2. The Kier molecular flexibility index (Phi) is 4.90. The molecular weight excluding hydrogens is 520 g/mol. The Bertz CT molecular complexity index is 2110. The second kappa shape index (κ2) is 8.00. The minimum Gasteiger partial charge on any atom is -0.504 e. The van der Waals surface area contributed by atoms with E-state index in [0.717, 1.165) is 0 Å². The van der Waals surface area contributed by atoms with Crippen LogP contribution in [0.1, 0.15) is 37.2 Å². The summed E-state index contributed by atoms with van der Waals surface area (Å²) in [5, 5.41) is 37.4.